The van der Waals surface area contributed by atoms with Crippen molar-refractivity contribution in [3.8, 4) is 0 Å². The van der Waals surface area contributed by atoms with E-state index in [1.165, 1.54) is 0 Å². The van der Waals surface area contributed by atoms with Crippen LogP contribution in [0.3, 0.4) is 0 Å². The largest absolute Gasteiger partial charge is 0.389 e. The van der Waals surface area contributed by atoms with E-state index in [2.05, 4.69) is 0 Å². The third-order valence-electron chi connectivity index (χ3n) is 2.27. The minimum Gasteiger partial charge on any atom is -0.299 e. The van der Waals surface area contributed by atoms with E-state index in [-0.39, 0.29) is 5.78 Å². The van der Waals surface area contributed by atoms with Crippen LogP contribution in [0.25, 0.3) is 0 Å². The van der Waals surface area contributed by atoms with E-state index < -0.39 is 24.4 Å². The number of halogens is 3. The summed E-state index contributed by atoms with van der Waals surface area (Å²) < 4.78 is 35.5. The van der Waals surface area contributed by atoms with Crippen molar-refractivity contribution < 1.29 is 18.0 Å². The number of ketones is 1. The summed E-state index contributed by atoms with van der Waals surface area (Å²) in [6.45, 7) is 5.32. The Balaban J connectivity index is 4.08. The monoisotopic (exact) mass is 210 g/mol. The van der Waals surface area contributed by atoms with Crippen LogP contribution in [0.1, 0.15) is 46.5 Å². The van der Waals surface area contributed by atoms with Gasteiger partial charge in [-0.3, -0.25) is 4.79 Å². The molecule has 14 heavy (non-hydrogen) atoms. The number of Topliss-reactive ketones (excluding diaryl/α,β-unsaturated/α-hetero) is 1. The van der Waals surface area contributed by atoms with Crippen molar-refractivity contribution in [3.63, 3.8) is 0 Å². The fraction of sp³-hybridized carbons (Fsp3) is 0.900. The first-order valence-electron chi connectivity index (χ1n) is 4.79. The normalized spacial score (nSPS) is 13.0. The van der Waals surface area contributed by atoms with Crippen molar-refractivity contribution in [3.05, 3.63) is 0 Å². The highest BCUT2D eigenvalue weighted by Gasteiger charge is 2.32. The Hall–Kier alpha value is -0.540. The van der Waals surface area contributed by atoms with Gasteiger partial charge in [0.1, 0.15) is 5.78 Å². The second-order valence-electron chi connectivity index (χ2n) is 4.17. The molecule has 0 atom stereocenters. The van der Waals surface area contributed by atoms with Crippen LogP contribution in [0.4, 0.5) is 13.2 Å². The third-order valence-corrected chi connectivity index (χ3v) is 2.27. The highest BCUT2D eigenvalue weighted by Crippen LogP contribution is 2.29. The fourth-order valence-electron chi connectivity index (χ4n) is 1.36. The molecule has 0 aliphatic carbocycles. The minimum absolute atomic E-state index is 0.295. The van der Waals surface area contributed by atoms with Crippen molar-refractivity contribution in [1.82, 2.24) is 0 Å². The maximum Gasteiger partial charge on any atom is 0.389 e. The summed E-state index contributed by atoms with van der Waals surface area (Å²) in [5, 5.41) is 0. The van der Waals surface area contributed by atoms with Crippen molar-refractivity contribution in [2.45, 2.75) is 52.6 Å². The quantitative estimate of drug-likeness (QED) is 0.675. The molecule has 0 amide bonds. The van der Waals surface area contributed by atoms with Gasteiger partial charge in [-0.25, -0.2) is 0 Å². The van der Waals surface area contributed by atoms with Gasteiger partial charge in [0.25, 0.3) is 0 Å². The van der Waals surface area contributed by atoms with Crippen LogP contribution in [-0.4, -0.2) is 12.0 Å². The SMILES string of the molecule is CCCC(C)(C)C(=O)CCC(F)(F)F. The number of hydrogen-bond acceptors (Lipinski definition) is 1. The second-order valence-corrected chi connectivity index (χ2v) is 4.17. The molecule has 0 aliphatic rings. The lowest BCUT2D eigenvalue weighted by Gasteiger charge is -2.22. The van der Waals surface area contributed by atoms with E-state index in [0.717, 1.165) is 6.42 Å². The van der Waals surface area contributed by atoms with Crippen molar-refractivity contribution in [2.75, 3.05) is 0 Å². The predicted molar refractivity (Wildman–Crippen MR) is 49.0 cm³/mol. The zero-order valence-electron chi connectivity index (χ0n) is 8.87. The van der Waals surface area contributed by atoms with Gasteiger partial charge in [0, 0.05) is 11.8 Å². The lowest BCUT2D eigenvalue weighted by molar-refractivity contribution is -0.147. The Morgan fingerprint density at radius 2 is 1.64 bits per heavy atom. The molecule has 84 valence electrons. The number of alkyl halides is 3. The van der Waals surface area contributed by atoms with E-state index in [4.69, 9.17) is 0 Å². The van der Waals surface area contributed by atoms with Crippen LogP contribution in [0.5, 0.6) is 0 Å². The average molecular weight is 210 g/mol. The van der Waals surface area contributed by atoms with E-state index in [9.17, 15) is 18.0 Å². The summed E-state index contributed by atoms with van der Waals surface area (Å²) >= 11 is 0. The summed E-state index contributed by atoms with van der Waals surface area (Å²) in [4.78, 5) is 11.4. The molecule has 1 nitrogen and oxygen atoms in total. The summed E-state index contributed by atoms with van der Waals surface area (Å²) in [6.07, 6.45) is -4.16. The summed E-state index contributed by atoms with van der Waals surface area (Å²) in [5.74, 6) is -0.295. The Labute approximate surface area is 82.7 Å². The molecular formula is C10H17F3O. The van der Waals surface area contributed by atoms with Crippen LogP contribution in [0, 0.1) is 5.41 Å². The predicted octanol–water partition coefficient (Wildman–Crippen LogP) is 3.72. The van der Waals surface area contributed by atoms with Gasteiger partial charge in [-0.05, 0) is 6.42 Å². The topological polar surface area (TPSA) is 17.1 Å². The summed E-state index contributed by atoms with van der Waals surface area (Å²) in [7, 11) is 0. The molecule has 0 aliphatic heterocycles. The first kappa shape index (κ1) is 13.5. The van der Waals surface area contributed by atoms with Gasteiger partial charge in [0.15, 0.2) is 0 Å². The molecule has 0 rings (SSSR count). The van der Waals surface area contributed by atoms with Gasteiger partial charge in [-0.2, -0.15) is 13.2 Å². The van der Waals surface area contributed by atoms with Crippen LogP contribution in [0.15, 0.2) is 0 Å². The summed E-state index contributed by atoms with van der Waals surface area (Å²) in [6, 6.07) is 0. The lowest BCUT2D eigenvalue weighted by atomic mass is 9.82. The Kier molecular flexibility index (Phi) is 4.62. The highest BCUT2D eigenvalue weighted by molar-refractivity contribution is 5.83. The van der Waals surface area contributed by atoms with Crippen molar-refractivity contribution in [2.24, 2.45) is 5.41 Å². The highest BCUT2D eigenvalue weighted by atomic mass is 19.4. The number of hydrogen-bond donors (Lipinski definition) is 0. The van der Waals surface area contributed by atoms with Gasteiger partial charge < -0.3 is 0 Å². The first-order valence-corrected chi connectivity index (χ1v) is 4.79. The Bertz CT molecular complexity index is 194. The molecule has 0 saturated heterocycles. The van der Waals surface area contributed by atoms with Gasteiger partial charge in [-0.1, -0.05) is 27.2 Å². The molecule has 0 heterocycles. The molecule has 0 radical (unpaired) electrons. The molecule has 0 aromatic rings. The van der Waals surface area contributed by atoms with E-state index in [1.807, 2.05) is 6.92 Å². The van der Waals surface area contributed by atoms with Crippen LogP contribution < -0.4 is 0 Å². The minimum atomic E-state index is -4.22. The van der Waals surface area contributed by atoms with Gasteiger partial charge >= 0.3 is 6.18 Å². The smallest absolute Gasteiger partial charge is 0.299 e. The van der Waals surface area contributed by atoms with Crippen molar-refractivity contribution >= 4 is 5.78 Å². The van der Waals surface area contributed by atoms with E-state index >= 15 is 0 Å². The maximum absolute atomic E-state index is 11.8. The number of carbonyl (C=O) groups excluding carboxylic acids is 1. The Morgan fingerprint density at radius 3 is 2.00 bits per heavy atom. The maximum atomic E-state index is 11.8. The molecular weight excluding hydrogens is 193 g/mol. The molecule has 0 aromatic heterocycles. The molecule has 0 bridgehead atoms. The molecule has 0 spiro atoms. The van der Waals surface area contributed by atoms with Crippen LogP contribution in [0.2, 0.25) is 0 Å². The summed E-state index contributed by atoms with van der Waals surface area (Å²) in [5.41, 5.74) is -0.611. The average Bonchev–Trinajstić information content (AvgIpc) is 1.98. The molecule has 0 aromatic carbocycles. The van der Waals surface area contributed by atoms with Crippen LogP contribution >= 0.6 is 0 Å². The van der Waals surface area contributed by atoms with Gasteiger partial charge in [-0.15, -0.1) is 0 Å². The standard InChI is InChI=1S/C10H17F3O/c1-4-6-9(2,3)8(14)5-7-10(11,12)13/h4-7H2,1-3H3. The number of carbonyl (C=O) groups is 1. The molecule has 0 fully saturated rings. The second kappa shape index (κ2) is 4.80. The Morgan fingerprint density at radius 1 is 1.14 bits per heavy atom. The van der Waals surface area contributed by atoms with Crippen molar-refractivity contribution in [1.29, 1.82) is 0 Å². The lowest BCUT2D eigenvalue weighted by Crippen LogP contribution is -2.25. The number of rotatable bonds is 5. The fourth-order valence-corrected chi connectivity index (χ4v) is 1.36. The molecule has 0 saturated carbocycles. The first-order chi connectivity index (χ1) is 6.19. The zero-order chi connectivity index (χ0) is 11.4. The molecule has 0 N–H and O–H groups in total. The molecule has 0 unspecified atom stereocenters. The van der Waals surface area contributed by atoms with Crippen LogP contribution in [-0.2, 0) is 4.79 Å². The van der Waals surface area contributed by atoms with E-state index in [0.29, 0.717) is 6.42 Å². The molecule has 4 heteroatoms. The van der Waals surface area contributed by atoms with Gasteiger partial charge in [0.05, 0.1) is 6.42 Å². The zero-order valence-corrected chi connectivity index (χ0v) is 8.87. The van der Waals surface area contributed by atoms with E-state index in [1.54, 1.807) is 13.8 Å². The third kappa shape index (κ3) is 5.25. The van der Waals surface area contributed by atoms with Gasteiger partial charge in [0.2, 0.25) is 0 Å².